The van der Waals surface area contributed by atoms with Crippen molar-refractivity contribution in [2.45, 2.75) is 64.0 Å². The van der Waals surface area contributed by atoms with E-state index in [1.165, 1.54) is 0 Å². The van der Waals surface area contributed by atoms with Crippen LogP contribution in [0.15, 0.2) is 0 Å². The summed E-state index contributed by atoms with van der Waals surface area (Å²) in [5.74, 6) is 0.911. The Morgan fingerprint density at radius 2 is 1.85 bits per heavy atom. The SMILES string of the molecule is CC(C(=O)N1CCCC1)N1CCCC1C1CCCC1=O. The van der Waals surface area contributed by atoms with Crippen LogP contribution in [-0.2, 0) is 9.59 Å². The molecule has 112 valence electrons. The molecule has 0 radical (unpaired) electrons. The van der Waals surface area contributed by atoms with Gasteiger partial charge in [0.05, 0.1) is 6.04 Å². The predicted molar refractivity (Wildman–Crippen MR) is 77.4 cm³/mol. The second-order valence-electron chi connectivity index (χ2n) is 6.62. The molecule has 20 heavy (non-hydrogen) atoms. The zero-order chi connectivity index (χ0) is 14.1. The zero-order valence-corrected chi connectivity index (χ0v) is 12.5. The highest BCUT2D eigenvalue weighted by Gasteiger charge is 2.42. The van der Waals surface area contributed by atoms with E-state index in [1.54, 1.807) is 0 Å². The molecule has 1 amide bonds. The fourth-order valence-electron chi connectivity index (χ4n) is 4.32. The predicted octanol–water partition coefficient (Wildman–Crippen LogP) is 1.83. The first-order chi connectivity index (χ1) is 9.68. The second kappa shape index (κ2) is 5.84. The second-order valence-corrected chi connectivity index (χ2v) is 6.62. The van der Waals surface area contributed by atoms with E-state index < -0.39 is 0 Å². The third-order valence-electron chi connectivity index (χ3n) is 5.43. The van der Waals surface area contributed by atoms with E-state index in [0.29, 0.717) is 11.8 Å². The Balaban J connectivity index is 1.67. The van der Waals surface area contributed by atoms with Crippen molar-refractivity contribution >= 4 is 11.7 Å². The molecule has 1 aliphatic carbocycles. The minimum absolute atomic E-state index is 0.0472. The molecule has 2 saturated heterocycles. The number of nitrogens with zero attached hydrogens (tertiary/aromatic N) is 2. The van der Waals surface area contributed by atoms with Gasteiger partial charge in [-0.3, -0.25) is 14.5 Å². The van der Waals surface area contributed by atoms with Crippen LogP contribution < -0.4 is 0 Å². The van der Waals surface area contributed by atoms with Crippen LogP contribution in [-0.4, -0.2) is 53.2 Å². The van der Waals surface area contributed by atoms with Crippen LogP contribution in [0.4, 0.5) is 0 Å². The molecule has 2 aliphatic heterocycles. The van der Waals surface area contributed by atoms with E-state index in [0.717, 1.165) is 64.6 Å². The molecule has 0 bridgehead atoms. The molecule has 0 N–H and O–H groups in total. The minimum atomic E-state index is -0.0472. The molecule has 1 saturated carbocycles. The maximum Gasteiger partial charge on any atom is 0.239 e. The van der Waals surface area contributed by atoms with Gasteiger partial charge in [-0.05, 0) is 52.0 Å². The number of amides is 1. The van der Waals surface area contributed by atoms with Crippen molar-refractivity contribution in [3.05, 3.63) is 0 Å². The lowest BCUT2D eigenvalue weighted by Crippen LogP contribution is -2.50. The summed E-state index contributed by atoms with van der Waals surface area (Å²) in [4.78, 5) is 28.9. The summed E-state index contributed by atoms with van der Waals surface area (Å²) < 4.78 is 0. The van der Waals surface area contributed by atoms with Gasteiger partial charge in [-0.1, -0.05) is 0 Å². The summed E-state index contributed by atoms with van der Waals surface area (Å²) in [7, 11) is 0. The van der Waals surface area contributed by atoms with Crippen LogP contribution in [0.3, 0.4) is 0 Å². The average Bonchev–Trinajstić information content (AvgIpc) is 3.17. The van der Waals surface area contributed by atoms with Crippen LogP contribution >= 0.6 is 0 Å². The van der Waals surface area contributed by atoms with Crippen molar-refractivity contribution in [2.24, 2.45) is 5.92 Å². The molecule has 3 atom stereocenters. The Bertz CT molecular complexity index is 390. The first-order valence-electron chi connectivity index (χ1n) is 8.26. The molecule has 0 spiro atoms. The summed E-state index contributed by atoms with van der Waals surface area (Å²) in [5.41, 5.74) is 0. The summed E-state index contributed by atoms with van der Waals surface area (Å²) in [5, 5.41) is 0. The summed E-state index contributed by atoms with van der Waals surface area (Å²) in [6, 6.07) is 0.278. The number of ketones is 1. The molecule has 3 aliphatic rings. The zero-order valence-electron chi connectivity index (χ0n) is 12.5. The highest BCUT2D eigenvalue weighted by atomic mass is 16.2. The standard InChI is InChI=1S/C16H26N2O2/c1-12(16(20)17-9-2-3-10-17)18-11-5-7-14(18)13-6-4-8-15(13)19/h12-14H,2-11H2,1H3. The van der Waals surface area contributed by atoms with Crippen molar-refractivity contribution in [3.63, 3.8) is 0 Å². The van der Waals surface area contributed by atoms with Crippen molar-refractivity contribution in [2.75, 3.05) is 19.6 Å². The molecule has 4 nitrogen and oxygen atoms in total. The van der Waals surface area contributed by atoms with Gasteiger partial charge in [0.1, 0.15) is 5.78 Å². The van der Waals surface area contributed by atoms with Crippen molar-refractivity contribution in [1.82, 2.24) is 9.80 Å². The van der Waals surface area contributed by atoms with Crippen LogP contribution in [0.5, 0.6) is 0 Å². The number of likely N-dealkylation sites (tertiary alicyclic amines) is 2. The van der Waals surface area contributed by atoms with Crippen molar-refractivity contribution in [1.29, 1.82) is 0 Å². The fraction of sp³-hybridized carbons (Fsp3) is 0.875. The molecular formula is C16H26N2O2. The number of rotatable bonds is 3. The van der Waals surface area contributed by atoms with Crippen LogP contribution in [0.2, 0.25) is 0 Å². The van der Waals surface area contributed by atoms with E-state index in [4.69, 9.17) is 0 Å². The quantitative estimate of drug-likeness (QED) is 0.791. The lowest BCUT2D eigenvalue weighted by atomic mass is 9.94. The van der Waals surface area contributed by atoms with Gasteiger partial charge in [-0.15, -0.1) is 0 Å². The molecule has 0 aromatic rings. The molecule has 3 rings (SSSR count). The van der Waals surface area contributed by atoms with Gasteiger partial charge < -0.3 is 4.90 Å². The highest BCUT2D eigenvalue weighted by Crippen LogP contribution is 2.34. The summed E-state index contributed by atoms with van der Waals surface area (Å²) in [6.45, 7) is 4.86. The Morgan fingerprint density at radius 3 is 2.50 bits per heavy atom. The van der Waals surface area contributed by atoms with Gasteiger partial charge in [-0.25, -0.2) is 0 Å². The van der Waals surface area contributed by atoms with Crippen LogP contribution in [0.1, 0.15) is 51.9 Å². The normalized spacial score (nSPS) is 33.0. The van der Waals surface area contributed by atoms with Crippen LogP contribution in [0, 0.1) is 5.92 Å². The van der Waals surface area contributed by atoms with Crippen LogP contribution in [0.25, 0.3) is 0 Å². The molecule has 0 aromatic heterocycles. The lowest BCUT2D eigenvalue weighted by Gasteiger charge is -2.34. The summed E-state index contributed by atoms with van der Waals surface area (Å²) >= 11 is 0. The number of carbonyl (C=O) groups excluding carboxylic acids is 2. The van der Waals surface area contributed by atoms with Gasteiger partial charge in [0, 0.05) is 31.5 Å². The Kier molecular flexibility index (Phi) is 4.11. The van der Waals surface area contributed by atoms with Gasteiger partial charge in [0.2, 0.25) is 5.91 Å². The van der Waals surface area contributed by atoms with E-state index in [2.05, 4.69) is 4.90 Å². The Hall–Kier alpha value is -0.900. The molecule has 2 heterocycles. The summed E-state index contributed by atoms with van der Waals surface area (Å²) in [6.07, 6.45) is 7.34. The first kappa shape index (κ1) is 14.1. The van der Waals surface area contributed by atoms with Gasteiger partial charge in [0.15, 0.2) is 0 Å². The fourth-order valence-corrected chi connectivity index (χ4v) is 4.32. The molecule has 0 aromatic carbocycles. The number of Topliss-reactive ketones (excluding diaryl/α,β-unsaturated/α-hetero) is 1. The highest BCUT2D eigenvalue weighted by molar-refractivity contribution is 5.84. The number of hydrogen-bond acceptors (Lipinski definition) is 3. The molecule has 3 fully saturated rings. The Morgan fingerprint density at radius 1 is 1.10 bits per heavy atom. The Labute approximate surface area is 121 Å². The maximum absolute atomic E-state index is 12.6. The third kappa shape index (κ3) is 2.50. The van der Waals surface area contributed by atoms with Crippen molar-refractivity contribution < 1.29 is 9.59 Å². The maximum atomic E-state index is 12.6. The van der Waals surface area contributed by atoms with E-state index in [9.17, 15) is 9.59 Å². The smallest absolute Gasteiger partial charge is 0.239 e. The molecule has 3 unspecified atom stereocenters. The number of carbonyl (C=O) groups is 2. The molecule has 4 heteroatoms. The first-order valence-corrected chi connectivity index (χ1v) is 8.26. The van der Waals surface area contributed by atoms with E-state index in [-0.39, 0.29) is 17.9 Å². The topological polar surface area (TPSA) is 40.6 Å². The minimum Gasteiger partial charge on any atom is -0.341 e. The van der Waals surface area contributed by atoms with Gasteiger partial charge in [0.25, 0.3) is 0 Å². The van der Waals surface area contributed by atoms with Crippen molar-refractivity contribution in [3.8, 4) is 0 Å². The van der Waals surface area contributed by atoms with Gasteiger partial charge >= 0.3 is 0 Å². The van der Waals surface area contributed by atoms with Gasteiger partial charge in [-0.2, -0.15) is 0 Å². The number of hydrogen-bond donors (Lipinski definition) is 0. The average molecular weight is 278 g/mol. The molecular weight excluding hydrogens is 252 g/mol. The lowest BCUT2D eigenvalue weighted by molar-refractivity contribution is -0.137. The largest absolute Gasteiger partial charge is 0.341 e. The van der Waals surface area contributed by atoms with E-state index in [1.807, 2.05) is 11.8 Å². The van der Waals surface area contributed by atoms with E-state index >= 15 is 0 Å². The third-order valence-corrected chi connectivity index (χ3v) is 5.43. The monoisotopic (exact) mass is 278 g/mol.